The molecule has 2 heterocycles. The molecule has 2 amide bonds. The number of carbonyl (C=O) groups is 2. The number of hydrogen-bond donors (Lipinski definition) is 2. The molecule has 27 heavy (non-hydrogen) atoms. The van der Waals surface area contributed by atoms with Crippen LogP contribution in [0.5, 0.6) is 0 Å². The average Bonchev–Trinajstić information content (AvgIpc) is 2.64. The van der Waals surface area contributed by atoms with Gasteiger partial charge in [0.05, 0.1) is 0 Å². The number of amides is 2. The quantitative estimate of drug-likeness (QED) is 0.808. The number of anilines is 1. The van der Waals surface area contributed by atoms with Crippen molar-refractivity contribution in [1.82, 2.24) is 10.3 Å². The highest BCUT2D eigenvalue weighted by atomic mass is 19.1. The molecule has 3 rings (SSSR count). The Morgan fingerprint density at radius 2 is 2.15 bits per heavy atom. The van der Waals surface area contributed by atoms with E-state index in [9.17, 15) is 14.0 Å². The van der Waals surface area contributed by atoms with Gasteiger partial charge in [0.15, 0.2) is 0 Å². The van der Waals surface area contributed by atoms with Crippen molar-refractivity contribution in [2.45, 2.75) is 38.3 Å². The Morgan fingerprint density at radius 1 is 1.37 bits per heavy atom. The highest BCUT2D eigenvalue weighted by Crippen LogP contribution is 2.25. The number of aromatic nitrogens is 1. The van der Waals surface area contributed by atoms with Crippen LogP contribution in [0.25, 0.3) is 0 Å². The first-order valence-corrected chi connectivity index (χ1v) is 9.03. The van der Waals surface area contributed by atoms with Crippen molar-refractivity contribution in [2.75, 3.05) is 11.4 Å². The summed E-state index contributed by atoms with van der Waals surface area (Å²) in [5.41, 5.74) is 7.40. The molecule has 1 aliphatic heterocycles. The van der Waals surface area contributed by atoms with Crippen LogP contribution in [0, 0.1) is 5.82 Å². The SMILES string of the molecule is CCN1C(=O)C(NC(=O)CC(N)Cc2ccccc2F)Cc2cccnc21. The van der Waals surface area contributed by atoms with Gasteiger partial charge in [0.2, 0.25) is 5.91 Å². The average molecular weight is 370 g/mol. The van der Waals surface area contributed by atoms with E-state index in [1.165, 1.54) is 6.07 Å². The molecular formula is C20H23FN4O2. The van der Waals surface area contributed by atoms with Gasteiger partial charge in [-0.05, 0) is 36.6 Å². The van der Waals surface area contributed by atoms with E-state index in [2.05, 4.69) is 10.3 Å². The molecule has 2 unspecified atom stereocenters. The summed E-state index contributed by atoms with van der Waals surface area (Å²) in [7, 11) is 0. The first-order valence-electron chi connectivity index (χ1n) is 9.03. The normalized spacial score (nSPS) is 17.4. The third-order valence-electron chi connectivity index (χ3n) is 4.65. The van der Waals surface area contributed by atoms with E-state index in [1.807, 2.05) is 19.1 Å². The van der Waals surface area contributed by atoms with Crippen LogP contribution in [0.1, 0.15) is 24.5 Å². The van der Waals surface area contributed by atoms with Crippen molar-refractivity contribution in [3.8, 4) is 0 Å². The molecule has 1 aliphatic rings. The van der Waals surface area contributed by atoms with E-state index >= 15 is 0 Å². The maximum atomic E-state index is 13.7. The van der Waals surface area contributed by atoms with Crippen molar-refractivity contribution in [2.24, 2.45) is 5.73 Å². The number of rotatable bonds is 6. The Labute approximate surface area is 157 Å². The smallest absolute Gasteiger partial charge is 0.251 e. The predicted molar refractivity (Wildman–Crippen MR) is 101 cm³/mol. The number of fused-ring (bicyclic) bond motifs is 1. The Balaban J connectivity index is 1.62. The summed E-state index contributed by atoms with van der Waals surface area (Å²) in [6, 6.07) is 8.90. The molecule has 0 fully saturated rings. The minimum atomic E-state index is -0.644. The Hall–Kier alpha value is -2.80. The van der Waals surface area contributed by atoms with Gasteiger partial charge in [-0.1, -0.05) is 24.3 Å². The summed E-state index contributed by atoms with van der Waals surface area (Å²) in [4.78, 5) is 30.9. The fourth-order valence-electron chi connectivity index (χ4n) is 3.36. The molecule has 1 aromatic carbocycles. The van der Waals surface area contributed by atoms with E-state index < -0.39 is 12.1 Å². The van der Waals surface area contributed by atoms with Crippen LogP contribution in [0.15, 0.2) is 42.6 Å². The van der Waals surface area contributed by atoms with Crippen LogP contribution < -0.4 is 16.0 Å². The molecule has 2 aromatic rings. The molecule has 0 spiro atoms. The number of likely N-dealkylation sites (N-methyl/N-ethyl adjacent to an activating group) is 1. The molecule has 0 aliphatic carbocycles. The first-order chi connectivity index (χ1) is 13.0. The van der Waals surface area contributed by atoms with Crippen LogP contribution in [-0.4, -0.2) is 35.4 Å². The van der Waals surface area contributed by atoms with Crippen LogP contribution in [0.2, 0.25) is 0 Å². The lowest BCUT2D eigenvalue weighted by Gasteiger charge is -2.32. The van der Waals surface area contributed by atoms with Gasteiger partial charge in [-0.2, -0.15) is 0 Å². The number of pyridine rings is 1. The van der Waals surface area contributed by atoms with Gasteiger partial charge in [0.25, 0.3) is 5.91 Å². The molecule has 0 bridgehead atoms. The summed E-state index contributed by atoms with van der Waals surface area (Å²) in [6.45, 7) is 2.34. The van der Waals surface area contributed by atoms with E-state index in [1.54, 1.807) is 29.3 Å². The van der Waals surface area contributed by atoms with Crippen molar-refractivity contribution < 1.29 is 14.0 Å². The van der Waals surface area contributed by atoms with Gasteiger partial charge in [-0.3, -0.25) is 14.5 Å². The third-order valence-corrected chi connectivity index (χ3v) is 4.65. The minimum Gasteiger partial charge on any atom is -0.344 e. The monoisotopic (exact) mass is 370 g/mol. The van der Waals surface area contributed by atoms with Crippen LogP contribution in [-0.2, 0) is 22.4 Å². The van der Waals surface area contributed by atoms with E-state index in [-0.39, 0.29) is 30.5 Å². The predicted octanol–water partition coefficient (Wildman–Crippen LogP) is 1.57. The maximum Gasteiger partial charge on any atom is 0.251 e. The summed E-state index contributed by atoms with van der Waals surface area (Å²) in [5, 5.41) is 2.77. The number of hydrogen-bond acceptors (Lipinski definition) is 4. The number of nitrogens with two attached hydrogens (primary N) is 1. The van der Waals surface area contributed by atoms with Crippen molar-refractivity contribution in [1.29, 1.82) is 0 Å². The van der Waals surface area contributed by atoms with E-state index in [0.29, 0.717) is 24.3 Å². The largest absolute Gasteiger partial charge is 0.344 e. The van der Waals surface area contributed by atoms with E-state index in [0.717, 1.165) is 5.56 Å². The summed E-state index contributed by atoms with van der Waals surface area (Å²) in [6.07, 6.45) is 2.32. The molecule has 6 nitrogen and oxygen atoms in total. The molecule has 2 atom stereocenters. The second-order valence-electron chi connectivity index (χ2n) is 6.65. The van der Waals surface area contributed by atoms with Gasteiger partial charge in [-0.15, -0.1) is 0 Å². The molecule has 3 N–H and O–H groups in total. The van der Waals surface area contributed by atoms with Crippen molar-refractivity contribution in [3.05, 3.63) is 59.5 Å². The van der Waals surface area contributed by atoms with Crippen LogP contribution >= 0.6 is 0 Å². The lowest BCUT2D eigenvalue weighted by Crippen LogP contribution is -2.53. The maximum absolute atomic E-state index is 13.7. The zero-order valence-corrected chi connectivity index (χ0v) is 15.2. The van der Waals surface area contributed by atoms with Crippen LogP contribution in [0.4, 0.5) is 10.2 Å². The third kappa shape index (κ3) is 4.31. The standard InChI is InChI=1S/C20H23FN4O2/c1-2-25-19-14(7-5-9-23-19)11-17(20(25)27)24-18(26)12-15(22)10-13-6-3-4-8-16(13)21/h3-9,15,17H,2,10-12,22H2,1H3,(H,24,26). The number of benzene rings is 1. The second kappa shape index (κ2) is 8.26. The lowest BCUT2D eigenvalue weighted by atomic mass is 9.99. The molecule has 1 aromatic heterocycles. The van der Waals surface area contributed by atoms with Gasteiger partial charge < -0.3 is 11.1 Å². The number of carbonyl (C=O) groups excluding carboxylic acids is 2. The molecule has 7 heteroatoms. The summed E-state index contributed by atoms with van der Waals surface area (Å²) < 4.78 is 13.7. The Morgan fingerprint density at radius 3 is 2.89 bits per heavy atom. The highest BCUT2D eigenvalue weighted by Gasteiger charge is 2.33. The molecule has 0 saturated heterocycles. The lowest BCUT2D eigenvalue weighted by molar-refractivity contribution is -0.128. The fourth-order valence-corrected chi connectivity index (χ4v) is 3.36. The molecule has 0 radical (unpaired) electrons. The van der Waals surface area contributed by atoms with Gasteiger partial charge in [0.1, 0.15) is 17.7 Å². The van der Waals surface area contributed by atoms with Crippen molar-refractivity contribution >= 4 is 17.6 Å². The van der Waals surface area contributed by atoms with Crippen LogP contribution in [0.3, 0.4) is 0 Å². The minimum absolute atomic E-state index is 0.0180. The van der Waals surface area contributed by atoms with Crippen molar-refractivity contribution in [3.63, 3.8) is 0 Å². The Kier molecular flexibility index (Phi) is 5.81. The summed E-state index contributed by atoms with van der Waals surface area (Å²) in [5.74, 6) is -0.189. The topological polar surface area (TPSA) is 88.3 Å². The number of nitrogens with zero attached hydrogens (tertiary/aromatic N) is 2. The number of nitrogens with one attached hydrogen (secondary N) is 1. The molecule has 0 saturated carbocycles. The zero-order valence-electron chi connectivity index (χ0n) is 15.2. The second-order valence-corrected chi connectivity index (χ2v) is 6.65. The van der Waals surface area contributed by atoms with Gasteiger partial charge in [0, 0.05) is 31.6 Å². The van der Waals surface area contributed by atoms with Gasteiger partial charge >= 0.3 is 0 Å². The Bertz CT molecular complexity index is 842. The van der Waals surface area contributed by atoms with Gasteiger partial charge in [-0.25, -0.2) is 9.37 Å². The first kappa shape index (κ1) is 19.0. The zero-order chi connectivity index (χ0) is 19.4. The number of halogens is 1. The highest BCUT2D eigenvalue weighted by molar-refractivity contribution is 6.01. The fraction of sp³-hybridized carbons (Fsp3) is 0.350. The molecular weight excluding hydrogens is 347 g/mol. The molecule has 142 valence electrons. The summed E-state index contributed by atoms with van der Waals surface area (Å²) >= 11 is 0. The van der Waals surface area contributed by atoms with E-state index in [4.69, 9.17) is 5.73 Å².